The Balaban J connectivity index is 1.56. The fraction of sp³-hybridized carbons (Fsp3) is 0.333. The Labute approximate surface area is 145 Å². The number of unbranched alkanes of at least 4 members (excludes halogenated alkanes) is 1. The van der Waals surface area contributed by atoms with E-state index in [9.17, 15) is 14.4 Å². The second kappa shape index (κ2) is 7.29. The van der Waals surface area contributed by atoms with Gasteiger partial charge in [-0.05, 0) is 25.0 Å². The number of methoxy groups -OCH3 is 1. The molecule has 25 heavy (non-hydrogen) atoms. The molecule has 7 nitrogen and oxygen atoms in total. The molecule has 2 amide bonds. The average molecular weight is 341 g/mol. The zero-order valence-corrected chi connectivity index (χ0v) is 13.9. The lowest BCUT2D eigenvalue weighted by atomic mass is 9.99. The number of esters is 1. The number of aromatic nitrogens is 2. The van der Waals surface area contributed by atoms with Crippen molar-refractivity contribution in [3.8, 4) is 0 Å². The summed E-state index contributed by atoms with van der Waals surface area (Å²) in [6, 6.07) is 6.83. The molecular weight excluding hydrogens is 322 g/mol. The molecule has 1 unspecified atom stereocenters. The maximum absolute atomic E-state index is 12.3. The number of carbonyl (C=O) groups excluding carboxylic acids is 3. The van der Waals surface area contributed by atoms with Gasteiger partial charge in [0.25, 0.3) is 11.8 Å². The number of hydrogen-bond donors (Lipinski definition) is 1. The van der Waals surface area contributed by atoms with Crippen LogP contribution in [0.15, 0.2) is 36.8 Å². The van der Waals surface area contributed by atoms with Gasteiger partial charge in [0.15, 0.2) is 0 Å². The highest BCUT2D eigenvalue weighted by atomic mass is 16.5. The molecule has 0 spiro atoms. The first-order valence-corrected chi connectivity index (χ1v) is 8.14. The van der Waals surface area contributed by atoms with Crippen LogP contribution in [0.2, 0.25) is 0 Å². The molecule has 3 rings (SSSR count). The van der Waals surface area contributed by atoms with Gasteiger partial charge in [-0.3, -0.25) is 19.3 Å². The van der Waals surface area contributed by atoms with E-state index in [1.165, 1.54) is 18.3 Å². The highest BCUT2D eigenvalue weighted by Crippen LogP contribution is 2.25. The monoisotopic (exact) mass is 341 g/mol. The van der Waals surface area contributed by atoms with E-state index in [1.54, 1.807) is 30.5 Å². The minimum Gasteiger partial charge on any atom is -0.469 e. The molecule has 0 aliphatic carbocycles. The van der Waals surface area contributed by atoms with Gasteiger partial charge in [0.2, 0.25) is 0 Å². The van der Waals surface area contributed by atoms with Crippen LogP contribution in [0.5, 0.6) is 0 Å². The highest BCUT2D eigenvalue weighted by Gasteiger charge is 2.34. The van der Waals surface area contributed by atoms with Crippen LogP contribution in [0, 0.1) is 0 Å². The molecule has 2 heterocycles. The predicted molar refractivity (Wildman–Crippen MR) is 89.0 cm³/mol. The normalized spacial score (nSPS) is 14.5. The summed E-state index contributed by atoms with van der Waals surface area (Å²) < 4.78 is 4.84. The Bertz CT molecular complexity index is 750. The number of aromatic amines is 1. The van der Waals surface area contributed by atoms with Crippen LogP contribution in [-0.4, -0.2) is 46.3 Å². The minimum absolute atomic E-state index is 0.251. The lowest BCUT2D eigenvalue weighted by Gasteiger charge is -2.15. The number of carbonyl (C=O) groups is 3. The van der Waals surface area contributed by atoms with Crippen molar-refractivity contribution in [2.45, 2.75) is 25.2 Å². The first-order valence-electron chi connectivity index (χ1n) is 8.14. The largest absolute Gasteiger partial charge is 0.469 e. The molecule has 1 aliphatic heterocycles. The Morgan fingerprint density at radius 1 is 1.20 bits per heavy atom. The van der Waals surface area contributed by atoms with Crippen LogP contribution in [-0.2, 0) is 9.53 Å². The highest BCUT2D eigenvalue weighted by molar-refractivity contribution is 6.21. The van der Waals surface area contributed by atoms with Crippen molar-refractivity contribution in [1.82, 2.24) is 14.9 Å². The lowest BCUT2D eigenvalue weighted by molar-refractivity contribution is -0.142. The maximum Gasteiger partial charge on any atom is 0.314 e. The molecule has 1 aliphatic rings. The van der Waals surface area contributed by atoms with Crippen LogP contribution >= 0.6 is 0 Å². The number of rotatable bonds is 7. The van der Waals surface area contributed by atoms with Crippen molar-refractivity contribution in [3.63, 3.8) is 0 Å². The molecular formula is C18H19N3O4. The van der Waals surface area contributed by atoms with Crippen LogP contribution < -0.4 is 0 Å². The number of amides is 2. The number of imide groups is 1. The molecule has 7 heteroatoms. The van der Waals surface area contributed by atoms with Gasteiger partial charge in [0, 0.05) is 18.4 Å². The quantitative estimate of drug-likeness (QED) is 0.473. The Morgan fingerprint density at radius 3 is 2.44 bits per heavy atom. The predicted octanol–water partition coefficient (Wildman–Crippen LogP) is 2.13. The number of benzene rings is 1. The van der Waals surface area contributed by atoms with E-state index >= 15 is 0 Å². The van der Waals surface area contributed by atoms with Crippen molar-refractivity contribution >= 4 is 17.8 Å². The fourth-order valence-corrected chi connectivity index (χ4v) is 3.06. The number of imidazole rings is 1. The zero-order valence-electron chi connectivity index (χ0n) is 13.9. The summed E-state index contributed by atoms with van der Waals surface area (Å²) in [5.74, 6) is -1.25. The SMILES string of the molecule is COC(=O)C(CCCCN1C(=O)c2ccccc2C1=O)c1cnc[nH]1. The molecule has 1 N–H and O–H groups in total. The topological polar surface area (TPSA) is 92.4 Å². The van der Waals surface area contributed by atoms with Crippen LogP contribution in [0.1, 0.15) is 51.6 Å². The van der Waals surface area contributed by atoms with Gasteiger partial charge in [-0.1, -0.05) is 18.6 Å². The summed E-state index contributed by atoms with van der Waals surface area (Å²) in [4.78, 5) is 44.6. The first-order chi connectivity index (χ1) is 12.1. The fourth-order valence-electron chi connectivity index (χ4n) is 3.06. The number of nitrogens with one attached hydrogen (secondary N) is 1. The van der Waals surface area contributed by atoms with Gasteiger partial charge in [0.05, 0.1) is 30.5 Å². The van der Waals surface area contributed by atoms with Gasteiger partial charge in [0.1, 0.15) is 0 Å². The lowest BCUT2D eigenvalue weighted by Crippen LogP contribution is -2.30. The van der Waals surface area contributed by atoms with E-state index in [0.717, 1.165) is 0 Å². The molecule has 0 fully saturated rings. The Kier molecular flexibility index (Phi) is 4.92. The first kappa shape index (κ1) is 16.9. The van der Waals surface area contributed by atoms with Gasteiger partial charge in [-0.15, -0.1) is 0 Å². The molecule has 0 bridgehead atoms. The summed E-state index contributed by atoms with van der Waals surface area (Å²) in [5, 5.41) is 0. The molecule has 1 atom stereocenters. The van der Waals surface area contributed by atoms with Crippen LogP contribution in [0.3, 0.4) is 0 Å². The minimum atomic E-state index is -0.422. The Hall–Kier alpha value is -2.96. The Morgan fingerprint density at radius 2 is 1.88 bits per heavy atom. The summed E-state index contributed by atoms with van der Waals surface area (Å²) in [6.45, 7) is 0.337. The number of ether oxygens (including phenoxy) is 1. The van der Waals surface area contributed by atoms with Crippen LogP contribution in [0.25, 0.3) is 0 Å². The molecule has 0 saturated heterocycles. The summed E-state index contributed by atoms with van der Waals surface area (Å²) in [6.07, 6.45) is 4.97. The number of nitrogens with zero attached hydrogens (tertiary/aromatic N) is 2. The van der Waals surface area contributed by atoms with E-state index in [0.29, 0.717) is 42.6 Å². The maximum atomic E-state index is 12.3. The number of H-pyrrole nitrogens is 1. The van der Waals surface area contributed by atoms with Crippen molar-refractivity contribution in [2.24, 2.45) is 0 Å². The van der Waals surface area contributed by atoms with E-state index in [2.05, 4.69) is 9.97 Å². The van der Waals surface area contributed by atoms with E-state index < -0.39 is 5.92 Å². The van der Waals surface area contributed by atoms with Crippen molar-refractivity contribution in [3.05, 3.63) is 53.6 Å². The summed E-state index contributed by atoms with van der Waals surface area (Å²) >= 11 is 0. The molecule has 2 aromatic rings. The summed E-state index contributed by atoms with van der Waals surface area (Å²) in [7, 11) is 1.35. The smallest absolute Gasteiger partial charge is 0.314 e. The average Bonchev–Trinajstić information content (AvgIpc) is 3.24. The van der Waals surface area contributed by atoms with E-state index in [1.807, 2.05) is 0 Å². The van der Waals surface area contributed by atoms with E-state index in [4.69, 9.17) is 4.74 Å². The third-order valence-electron chi connectivity index (χ3n) is 4.38. The molecule has 1 aromatic carbocycles. The second-order valence-corrected chi connectivity index (χ2v) is 5.89. The summed E-state index contributed by atoms with van der Waals surface area (Å²) in [5.41, 5.74) is 1.61. The van der Waals surface area contributed by atoms with Gasteiger partial charge in [-0.2, -0.15) is 0 Å². The zero-order chi connectivity index (χ0) is 17.8. The number of hydrogen-bond acceptors (Lipinski definition) is 5. The van der Waals surface area contributed by atoms with Gasteiger partial charge < -0.3 is 9.72 Å². The van der Waals surface area contributed by atoms with Crippen molar-refractivity contribution in [1.29, 1.82) is 0 Å². The van der Waals surface area contributed by atoms with Gasteiger partial charge >= 0.3 is 5.97 Å². The third kappa shape index (κ3) is 3.31. The second-order valence-electron chi connectivity index (χ2n) is 5.89. The molecule has 1 aromatic heterocycles. The standard InChI is InChI=1S/C18H19N3O4/c1-25-18(24)14(15-10-19-11-20-15)8-4-5-9-21-16(22)12-6-2-3-7-13(12)17(21)23/h2-3,6-7,10-11,14H,4-5,8-9H2,1H3,(H,19,20). The van der Waals surface area contributed by atoms with E-state index in [-0.39, 0.29) is 17.8 Å². The van der Waals surface area contributed by atoms with Gasteiger partial charge in [-0.25, -0.2) is 4.98 Å². The molecule has 0 saturated carbocycles. The molecule has 130 valence electrons. The van der Waals surface area contributed by atoms with Crippen LogP contribution in [0.4, 0.5) is 0 Å². The number of fused-ring (bicyclic) bond motifs is 1. The molecule has 0 radical (unpaired) electrons. The third-order valence-corrected chi connectivity index (χ3v) is 4.38. The van der Waals surface area contributed by atoms with Crippen molar-refractivity contribution < 1.29 is 19.1 Å². The van der Waals surface area contributed by atoms with Crippen molar-refractivity contribution in [2.75, 3.05) is 13.7 Å².